The minimum Gasteiger partial charge on any atom is -0.489 e. The molecule has 0 amide bonds. The zero-order chi connectivity index (χ0) is 18.7. The van der Waals surface area contributed by atoms with Crippen LogP contribution in [0, 0.1) is 0 Å². The molecule has 0 aliphatic rings. The molecular formula is C16H27ClN4O3S. The van der Waals surface area contributed by atoms with Crippen LogP contribution in [0.25, 0.3) is 0 Å². The van der Waals surface area contributed by atoms with E-state index in [-0.39, 0.29) is 11.9 Å². The van der Waals surface area contributed by atoms with Gasteiger partial charge in [-0.15, -0.1) is 0 Å². The SMILES string of the molecule is CCNC(=NCC(C)Oc1ccc(Cl)cc1)NCCNS(=O)(=O)CC. The minimum atomic E-state index is -3.17. The van der Waals surface area contributed by atoms with Gasteiger partial charge in [0.05, 0.1) is 12.3 Å². The molecule has 1 aromatic carbocycles. The van der Waals surface area contributed by atoms with Gasteiger partial charge < -0.3 is 15.4 Å². The van der Waals surface area contributed by atoms with Crippen LogP contribution in [0.1, 0.15) is 20.8 Å². The van der Waals surface area contributed by atoms with Crippen LogP contribution < -0.4 is 20.1 Å². The summed E-state index contributed by atoms with van der Waals surface area (Å²) in [4.78, 5) is 4.45. The fraction of sp³-hybridized carbons (Fsp3) is 0.562. The lowest BCUT2D eigenvalue weighted by atomic mass is 10.3. The molecule has 25 heavy (non-hydrogen) atoms. The van der Waals surface area contributed by atoms with Gasteiger partial charge >= 0.3 is 0 Å². The number of rotatable bonds is 10. The smallest absolute Gasteiger partial charge is 0.211 e. The Bertz CT molecular complexity index is 635. The van der Waals surface area contributed by atoms with E-state index in [1.54, 1.807) is 19.1 Å². The molecule has 1 atom stereocenters. The van der Waals surface area contributed by atoms with Gasteiger partial charge in [0, 0.05) is 24.7 Å². The van der Waals surface area contributed by atoms with Crippen LogP contribution in [-0.2, 0) is 10.0 Å². The highest BCUT2D eigenvalue weighted by Crippen LogP contribution is 2.16. The van der Waals surface area contributed by atoms with E-state index < -0.39 is 10.0 Å². The van der Waals surface area contributed by atoms with Gasteiger partial charge in [-0.05, 0) is 45.0 Å². The third-order valence-corrected chi connectivity index (χ3v) is 4.78. The standard InChI is InChI=1S/C16H27ClN4O3S/c1-4-18-16(19-10-11-21-25(22,23)5-2)20-12-13(3)24-15-8-6-14(17)7-9-15/h6-9,13,21H,4-5,10-12H2,1-3H3,(H2,18,19,20). The zero-order valence-electron chi connectivity index (χ0n) is 14.9. The highest BCUT2D eigenvalue weighted by atomic mass is 35.5. The second-order valence-corrected chi connectivity index (χ2v) is 7.86. The van der Waals surface area contributed by atoms with Gasteiger partial charge in [0.15, 0.2) is 5.96 Å². The van der Waals surface area contributed by atoms with E-state index >= 15 is 0 Å². The second-order valence-electron chi connectivity index (χ2n) is 5.33. The molecule has 1 unspecified atom stereocenters. The number of halogens is 1. The molecular weight excluding hydrogens is 364 g/mol. The van der Waals surface area contributed by atoms with Crippen molar-refractivity contribution in [2.75, 3.05) is 31.9 Å². The third-order valence-electron chi connectivity index (χ3n) is 3.12. The molecule has 0 aromatic heterocycles. The van der Waals surface area contributed by atoms with Gasteiger partial charge in [0.1, 0.15) is 11.9 Å². The summed E-state index contributed by atoms with van der Waals surface area (Å²) in [7, 11) is -3.17. The lowest BCUT2D eigenvalue weighted by molar-refractivity contribution is 0.230. The van der Waals surface area contributed by atoms with Crippen LogP contribution in [0.15, 0.2) is 29.3 Å². The molecule has 0 fully saturated rings. The van der Waals surface area contributed by atoms with Crippen molar-refractivity contribution in [2.45, 2.75) is 26.9 Å². The largest absolute Gasteiger partial charge is 0.489 e. The Labute approximate surface area is 155 Å². The Morgan fingerprint density at radius 2 is 1.88 bits per heavy atom. The number of hydrogen-bond donors (Lipinski definition) is 3. The maximum atomic E-state index is 11.4. The highest BCUT2D eigenvalue weighted by molar-refractivity contribution is 7.89. The van der Waals surface area contributed by atoms with Gasteiger partial charge in [0.2, 0.25) is 10.0 Å². The first-order chi connectivity index (χ1) is 11.9. The maximum Gasteiger partial charge on any atom is 0.211 e. The minimum absolute atomic E-state index is 0.0701. The Hall–Kier alpha value is -1.51. The number of guanidine groups is 1. The average Bonchev–Trinajstić information content (AvgIpc) is 2.58. The summed E-state index contributed by atoms with van der Waals surface area (Å²) >= 11 is 5.85. The molecule has 0 bridgehead atoms. The second kappa shape index (κ2) is 11.2. The van der Waals surface area contributed by atoms with Gasteiger partial charge in [-0.1, -0.05) is 11.6 Å². The summed E-state index contributed by atoms with van der Waals surface area (Å²) in [6.07, 6.45) is -0.116. The Balaban J connectivity index is 2.44. The van der Waals surface area contributed by atoms with Gasteiger partial charge in [-0.25, -0.2) is 18.1 Å². The van der Waals surface area contributed by atoms with Crippen LogP contribution >= 0.6 is 11.6 Å². The van der Waals surface area contributed by atoms with Crippen molar-refractivity contribution < 1.29 is 13.2 Å². The molecule has 3 N–H and O–H groups in total. The fourth-order valence-electron chi connectivity index (χ4n) is 1.83. The first-order valence-corrected chi connectivity index (χ1v) is 10.3. The number of aliphatic imine (C=N–C) groups is 1. The van der Waals surface area contributed by atoms with Crippen molar-refractivity contribution in [3.8, 4) is 5.75 Å². The number of nitrogens with zero attached hydrogens (tertiary/aromatic N) is 1. The predicted molar refractivity (Wildman–Crippen MR) is 103 cm³/mol. The normalized spacial score (nSPS) is 13.4. The third kappa shape index (κ3) is 9.52. The molecule has 7 nitrogen and oxygen atoms in total. The zero-order valence-corrected chi connectivity index (χ0v) is 16.5. The van der Waals surface area contributed by atoms with Crippen LogP contribution in [0.4, 0.5) is 0 Å². The lowest BCUT2D eigenvalue weighted by Gasteiger charge is -2.15. The summed E-state index contributed by atoms with van der Waals surface area (Å²) in [6.45, 7) is 7.40. The quantitative estimate of drug-likeness (QED) is 0.320. The van der Waals surface area contributed by atoms with Crippen LogP contribution in [0.2, 0.25) is 5.02 Å². The summed E-state index contributed by atoms with van der Waals surface area (Å²) in [5, 5.41) is 6.85. The van der Waals surface area contributed by atoms with Gasteiger partial charge in [-0.2, -0.15) is 0 Å². The average molecular weight is 391 g/mol. The van der Waals surface area contributed by atoms with E-state index in [9.17, 15) is 8.42 Å². The number of benzene rings is 1. The Morgan fingerprint density at radius 3 is 2.48 bits per heavy atom. The molecule has 0 aliphatic heterocycles. The molecule has 0 aliphatic carbocycles. The van der Waals surface area contributed by atoms with Crippen molar-refractivity contribution in [3.05, 3.63) is 29.3 Å². The van der Waals surface area contributed by atoms with Crippen molar-refractivity contribution in [2.24, 2.45) is 4.99 Å². The maximum absolute atomic E-state index is 11.4. The number of hydrogen-bond acceptors (Lipinski definition) is 4. The van der Waals surface area contributed by atoms with E-state index in [0.29, 0.717) is 37.2 Å². The van der Waals surface area contributed by atoms with E-state index in [0.717, 1.165) is 5.75 Å². The summed E-state index contributed by atoms with van der Waals surface area (Å²) in [5.41, 5.74) is 0. The molecule has 0 spiro atoms. The van der Waals surface area contributed by atoms with Crippen LogP contribution in [0.3, 0.4) is 0 Å². The van der Waals surface area contributed by atoms with Crippen LogP contribution in [-0.4, -0.2) is 52.4 Å². The number of sulfonamides is 1. The molecule has 1 rings (SSSR count). The lowest BCUT2D eigenvalue weighted by Crippen LogP contribution is -2.42. The Morgan fingerprint density at radius 1 is 1.20 bits per heavy atom. The van der Waals surface area contributed by atoms with E-state index in [1.807, 2.05) is 26.0 Å². The molecule has 9 heteroatoms. The van der Waals surface area contributed by atoms with Crippen molar-refractivity contribution >= 4 is 27.6 Å². The fourth-order valence-corrected chi connectivity index (χ4v) is 2.58. The monoisotopic (exact) mass is 390 g/mol. The van der Waals surface area contributed by atoms with Gasteiger partial charge in [0.25, 0.3) is 0 Å². The molecule has 1 aromatic rings. The summed E-state index contributed by atoms with van der Waals surface area (Å²) in [6, 6.07) is 7.17. The molecule has 0 heterocycles. The predicted octanol–water partition coefficient (Wildman–Crippen LogP) is 1.60. The van der Waals surface area contributed by atoms with E-state index in [2.05, 4.69) is 20.3 Å². The highest BCUT2D eigenvalue weighted by Gasteiger charge is 2.06. The van der Waals surface area contributed by atoms with Crippen molar-refractivity contribution in [1.29, 1.82) is 0 Å². The van der Waals surface area contributed by atoms with Gasteiger partial charge in [-0.3, -0.25) is 0 Å². The molecule has 142 valence electrons. The number of nitrogens with one attached hydrogen (secondary N) is 3. The van der Waals surface area contributed by atoms with Crippen LogP contribution in [0.5, 0.6) is 5.75 Å². The first-order valence-electron chi connectivity index (χ1n) is 8.28. The Kier molecular flexibility index (Phi) is 9.62. The first kappa shape index (κ1) is 21.5. The van der Waals surface area contributed by atoms with Crippen molar-refractivity contribution in [1.82, 2.24) is 15.4 Å². The summed E-state index contributed by atoms with van der Waals surface area (Å²) < 4.78 is 31.0. The topological polar surface area (TPSA) is 91.8 Å². The van der Waals surface area contributed by atoms with Crippen molar-refractivity contribution in [3.63, 3.8) is 0 Å². The molecule has 0 radical (unpaired) electrons. The summed E-state index contributed by atoms with van der Waals surface area (Å²) in [5.74, 6) is 1.42. The molecule has 0 saturated heterocycles. The number of ether oxygens (including phenoxy) is 1. The van der Waals surface area contributed by atoms with E-state index in [4.69, 9.17) is 16.3 Å². The molecule has 0 saturated carbocycles. The van der Waals surface area contributed by atoms with E-state index in [1.165, 1.54) is 0 Å².